The Bertz CT molecular complexity index is 384. The molecule has 3 heteroatoms. The SMILES string of the molecule is CC1CCCC(C)N1Cc1cc(O)ccc1Br. The monoisotopic (exact) mass is 297 g/mol. The molecule has 2 atom stereocenters. The van der Waals surface area contributed by atoms with Crippen molar-refractivity contribution in [2.24, 2.45) is 0 Å². The van der Waals surface area contributed by atoms with E-state index in [1.165, 1.54) is 24.8 Å². The van der Waals surface area contributed by atoms with Gasteiger partial charge in [-0.3, -0.25) is 4.90 Å². The number of aromatic hydroxyl groups is 1. The fourth-order valence-electron chi connectivity index (χ4n) is 2.67. The Morgan fingerprint density at radius 1 is 1.29 bits per heavy atom. The van der Waals surface area contributed by atoms with E-state index in [1.807, 2.05) is 12.1 Å². The van der Waals surface area contributed by atoms with Gasteiger partial charge in [0.15, 0.2) is 0 Å². The predicted octanol–water partition coefficient (Wildman–Crippen LogP) is 3.92. The zero-order chi connectivity index (χ0) is 12.4. The first-order chi connectivity index (χ1) is 8.08. The van der Waals surface area contributed by atoms with Crippen LogP contribution in [0.5, 0.6) is 5.75 Å². The fraction of sp³-hybridized carbons (Fsp3) is 0.571. The molecule has 0 bridgehead atoms. The van der Waals surface area contributed by atoms with E-state index in [0.717, 1.165) is 11.0 Å². The van der Waals surface area contributed by atoms with Gasteiger partial charge in [0, 0.05) is 23.1 Å². The molecular weight excluding hydrogens is 278 g/mol. The average molecular weight is 298 g/mol. The normalized spacial score (nSPS) is 26.1. The minimum Gasteiger partial charge on any atom is -0.508 e. The molecule has 1 heterocycles. The van der Waals surface area contributed by atoms with Crippen LogP contribution in [0.2, 0.25) is 0 Å². The number of halogens is 1. The van der Waals surface area contributed by atoms with E-state index in [4.69, 9.17) is 0 Å². The van der Waals surface area contributed by atoms with E-state index in [-0.39, 0.29) is 0 Å². The number of hydrogen-bond donors (Lipinski definition) is 1. The molecule has 0 aliphatic carbocycles. The molecule has 0 aromatic heterocycles. The summed E-state index contributed by atoms with van der Waals surface area (Å²) in [6, 6.07) is 6.76. The van der Waals surface area contributed by atoms with Crippen molar-refractivity contribution >= 4 is 15.9 Å². The summed E-state index contributed by atoms with van der Waals surface area (Å²) in [5.74, 6) is 0.348. The number of rotatable bonds is 2. The van der Waals surface area contributed by atoms with Crippen molar-refractivity contribution in [2.75, 3.05) is 0 Å². The maximum Gasteiger partial charge on any atom is 0.115 e. The van der Waals surface area contributed by atoms with E-state index >= 15 is 0 Å². The maximum absolute atomic E-state index is 9.56. The maximum atomic E-state index is 9.56. The van der Waals surface area contributed by atoms with Gasteiger partial charge in [-0.2, -0.15) is 0 Å². The third-order valence-electron chi connectivity index (χ3n) is 3.76. The first-order valence-electron chi connectivity index (χ1n) is 6.31. The lowest BCUT2D eigenvalue weighted by atomic mass is 9.97. The van der Waals surface area contributed by atoms with Gasteiger partial charge in [-0.15, -0.1) is 0 Å². The molecule has 0 amide bonds. The lowest BCUT2D eigenvalue weighted by Gasteiger charge is -2.39. The summed E-state index contributed by atoms with van der Waals surface area (Å²) in [4.78, 5) is 2.53. The van der Waals surface area contributed by atoms with Crippen LogP contribution in [0.15, 0.2) is 22.7 Å². The Hall–Kier alpha value is -0.540. The largest absolute Gasteiger partial charge is 0.508 e. The Balaban J connectivity index is 2.16. The van der Waals surface area contributed by atoms with Crippen LogP contribution < -0.4 is 0 Å². The Labute approximate surface area is 112 Å². The molecule has 1 fully saturated rings. The quantitative estimate of drug-likeness (QED) is 0.894. The summed E-state index contributed by atoms with van der Waals surface area (Å²) in [6.45, 7) is 5.51. The molecule has 1 aromatic rings. The van der Waals surface area contributed by atoms with E-state index < -0.39 is 0 Å². The van der Waals surface area contributed by atoms with Crippen molar-refractivity contribution in [1.29, 1.82) is 0 Å². The Morgan fingerprint density at radius 2 is 1.94 bits per heavy atom. The van der Waals surface area contributed by atoms with Crippen molar-refractivity contribution in [2.45, 2.75) is 51.7 Å². The van der Waals surface area contributed by atoms with Crippen LogP contribution in [0.3, 0.4) is 0 Å². The van der Waals surface area contributed by atoms with Gasteiger partial charge in [0.05, 0.1) is 0 Å². The summed E-state index contributed by atoms with van der Waals surface area (Å²) < 4.78 is 1.08. The molecule has 0 spiro atoms. The molecule has 1 aromatic carbocycles. The zero-order valence-electron chi connectivity index (χ0n) is 10.5. The molecule has 2 rings (SSSR count). The fourth-order valence-corrected chi connectivity index (χ4v) is 3.04. The van der Waals surface area contributed by atoms with Crippen LogP contribution in [-0.4, -0.2) is 22.1 Å². The summed E-state index contributed by atoms with van der Waals surface area (Å²) in [7, 11) is 0. The zero-order valence-corrected chi connectivity index (χ0v) is 12.1. The minimum atomic E-state index is 0.348. The topological polar surface area (TPSA) is 23.5 Å². The standard InChI is InChI=1S/C14H20BrNO/c1-10-4-3-5-11(2)16(10)9-12-8-13(17)6-7-14(12)15/h6-8,10-11,17H,3-5,9H2,1-2H3. The van der Waals surface area contributed by atoms with Crippen LogP contribution in [0, 0.1) is 0 Å². The van der Waals surface area contributed by atoms with Crippen molar-refractivity contribution in [3.8, 4) is 5.75 Å². The number of nitrogens with zero attached hydrogens (tertiary/aromatic N) is 1. The van der Waals surface area contributed by atoms with Crippen LogP contribution >= 0.6 is 15.9 Å². The minimum absolute atomic E-state index is 0.348. The molecule has 1 aliphatic rings. The molecule has 17 heavy (non-hydrogen) atoms. The second kappa shape index (κ2) is 5.40. The van der Waals surface area contributed by atoms with Crippen molar-refractivity contribution in [3.05, 3.63) is 28.2 Å². The number of phenols is 1. The molecule has 0 radical (unpaired) electrons. The molecule has 2 nitrogen and oxygen atoms in total. The van der Waals surface area contributed by atoms with Gasteiger partial charge < -0.3 is 5.11 Å². The van der Waals surface area contributed by atoms with E-state index in [9.17, 15) is 5.11 Å². The lowest BCUT2D eigenvalue weighted by Crippen LogP contribution is -2.43. The van der Waals surface area contributed by atoms with Crippen LogP contribution in [0.1, 0.15) is 38.7 Å². The summed E-state index contributed by atoms with van der Waals surface area (Å²) in [5, 5.41) is 9.56. The van der Waals surface area contributed by atoms with Gasteiger partial charge >= 0.3 is 0 Å². The molecule has 1 aliphatic heterocycles. The molecular formula is C14H20BrNO. The first kappa shape index (κ1) is 12.9. The van der Waals surface area contributed by atoms with Crippen LogP contribution in [0.25, 0.3) is 0 Å². The van der Waals surface area contributed by atoms with Crippen LogP contribution in [-0.2, 0) is 6.54 Å². The summed E-state index contributed by atoms with van der Waals surface area (Å²) >= 11 is 3.56. The van der Waals surface area contributed by atoms with Gasteiger partial charge in [0.2, 0.25) is 0 Å². The Kier molecular flexibility index (Phi) is 4.10. The predicted molar refractivity (Wildman–Crippen MR) is 74.1 cm³/mol. The highest BCUT2D eigenvalue weighted by atomic mass is 79.9. The lowest BCUT2D eigenvalue weighted by molar-refractivity contribution is 0.0950. The van der Waals surface area contributed by atoms with Gasteiger partial charge in [-0.05, 0) is 50.5 Å². The van der Waals surface area contributed by atoms with Gasteiger partial charge in [-0.1, -0.05) is 22.4 Å². The smallest absolute Gasteiger partial charge is 0.115 e. The highest BCUT2D eigenvalue weighted by Gasteiger charge is 2.25. The molecule has 0 saturated carbocycles. The number of hydrogen-bond acceptors (Lipinski definition) is 2. The third kappa shape index (κ3) is 3.02. The Morgan fingerprint density at radius 3 is 2.59 bits per heavy atom. The second-order valence-corrected chi connectivity index (χ2v) is 5.93. The second-order valence-electron chi connectivity index (χ2n) is 5.08. The van der Waals surface area contributed by atoms with E-state index in [0.29, 0.717) is 17.8 Å². The average Bonchev–Trinajstić information content (AvgIpc) is 2.28. The third-order valence-corrected chi connectivity index (χ3v) is 4.53. The molecule has 2 unspecified atom stereocenters. The van der Waals surface area contributed by atoms with Crippen molar-refractivity contribution in [1.82, 2.24) is 4.90 Å². The summed E-state index contributed by atoms with van der Waals surface area (Å²) in [5.41, 5.74) is 1.17. The number of benzene rings is 1. The number of piperidine rings is 1. The van der Waals surface area contributed by atoms with Gasteiger partial charge in [-0.25, -0.2) is 0 Å². The molecule has 1 N–H and O–H groups in total. The van der Waals surface area contributed by atoms with Crippen molar-refractivity contribution in [3.63, 3.8) is 0 Å². The summed E-state index contributed by atoms with van der Waals surface area (Å²) in [6.07, 6.45) is 3.89. The number of likely N-dealkylation sites (tertiary alicyclic amines) is 1. The van der Waals surface area contributed by atoms with Gasteiger partial charge in [0.25, 0.3) is 0 Å². The molecule has 94 valence electrons. The first-order valence-corrected chi connectivity index (χ1v) is 7.10. The van der Waals surface area contributed by atoms with E-state index in [1.54, 1.807) is 6.07 Å². The highest BCUT2D eigenvalue weighted by Crippen LogP contribution is 2.28. The van der Waals surface area contributed by atoms with Gasteiger partial charge in [0.1, 0.15) is 5.75 Å². The molecule has 1 saturated heterocycles. The van der Waals surface area contributed by atoms with E-state index in [2.05, 4.69) is 34.7 Å². The highest BCUT2D eigenvalue weighted by molar-refractivity contribution is 9.10. The number of phenolic OH excluding ortho intramolecular Hbond substituents is 1. The van der Waals surface area contributed by atoms with Crippen molar-refractivity contribution < 1.29 is 5.11 Å². The van der Waals surface area contributed by atoms with Crippen LogP contribution in [0.4, 0.5) is 0 Å².